The lowest BCUT2D eigenvalue weighted by Gasteiger charge is -2.30. The molecule has 0 aromatic heterocycles. The molecule has 2 aromatic carbocycles. The molecule has 1 heterocycles. The van der Waals surface area contributed by atoms with Gasteiger partial charge in [-0.1, -0.05) is 43.3 Å². The largest absolute Gasteiger partial charge is 0.357 e. The number of piperidine rings is 1. The summed E-state index contributed by atoms with van der Waals surface area (Å²) in [6, 6.07) is 16.5. The van der Waals surface area contributed by atoms with Crippen molar-refractivity contribution in [3.8, 4) is 0 Å². The van der Waals surface area contributed by atoms with Crippen molar-refractivity contribution >= 4 is 35.8 Å². The number of nitrogens with one attached hydrogen (secondary N) is 2. The molecule has 1 saturated heterocycles. The Labute approximate surface area is 222 Å². The standard InChI is InChI=1S/C27H39N5O.HI/c1-5-28-27(29-18-22-9-11-25(12-10-22)26(33)31(3)4)30-19-23-7-6-8-24(17-23)20-32-15-13-21(2)14-16-32;/h6-12,17,21H,5,13-16,18-20H2,1-4H3,(H2,28,29,30);1H. The van der Waals surface area contributed by atoms with Crippen LogP contribution in [0.2, 0.25) is 0 Å². The first kappa shape index (κ1) is 28.1. The number of rotatable bonds is 8. The number of benzene rings is 2. The second-order valence-corrected chi connectivity index (χ2v) is 9.22. The Balaban J connectivity index is 0.00000408. The summed E-state index contributed by atoms with van der Waals surface area (Å²) in [6.45, 7) is 9.92. The lowest BCUT2D eigenvalue weighted by Crippen LogP contribution is -2.36. The minimum Gasteiger partial charge on any atom is -0.357 e. The number of halogens is 1. The van der Waals surface area contributed by atoms with Crippen LogP contribution in [0.15, 0.2) is 53.5 Å². The Kier molecular flexibility index (Phi) is 11.8. The molecule has 0 radical (unpaired) electrons. The molecule has 0 atom stereocenters. The van der Waals surface area contributed by atoms with Crippen LogP contribution in [0.5, 0.6) is 0 Å². The average Bonchev–Trinajstić information content (AvgIpc) is 2.82. The summed E-state index contributed by atoms with van der Waals surface area (Å²) in [6.07, 6.45) is 2.60. The number of carbonyl (C=O) groups excluding carboxylic acids is 1. The zero-order chi connectivity index (χ0) is 23.6. The van der Waals surface area contributed by atoms with Crippen molar-refractivity contribution < 1.29 is 4.79 Å². The lowest BCUT2D eigenvalue weighted by molar-refractivity contribution is 0.0827. The van der Waals surface area contributed by atoms with E-state index in [4.69, 9.17) is 4.99 Å². The molecule has 186 valence electrons. The number of amides is 1. The van der Waals surface area contributed by atoms with Gasteiger partial charge in [-0.15, -0.1) is 24.0 Å². The Bertz CT molecular complexity index is 921. The third-order valence-electron chi connectivity index (χ3n) is 6.10. The number of hydrogen-bond acceptors (Lipinski definition) is 3. The number of carbonyl (C=O) groups is 1. The van der Waals surface area contributed by atoms with Gasteiger partial charge < -0.3 is 15.5 Å². The predicted octanol–water partition coefficient (Wildman–Crippen LogP) is 4.49. The van der Waals surface area contributed by atoms with Gasteiger partial charge in [0.15, 0.2) is 5.96 Å². The van der Waals surface area contributed by atoms with Crippen LogP contribution < -0.4 is 10.6 Å². The van der Waals surface area contributed by atoms with Crippen molar-refractivity contribution in [3.05, 3.63) is 70.8 Å². The fourth-order valence-corrected chi connectivity index (χ4v) is 4.03. The summed E-state index contributed by atoms with van der Waals surface area (Å²) in [5, 5.41) is 6.72. The van der Waals surface area contributed by atoms with Gasteiger partial charge in [0.05, 0.1) is 6.54 Å². The van der Waals surface area contributed by atoms with E-state index < -0.39 is 0 Å². The highest BCUT2D eigenvalue weighted by molar-refractivity contribution is 14.0. The molecule has 0 spiro atoms. The Morgan fingerprint density at radius 2 is 1.71 bits per heavy atom. The van der Waals surface area contributed by atoms with E-state index in [0.717, 1.165) is 30.5 Å². The normalized spacial score (nSPS) is 14.9. The lowest BCUT2D eigenvalue weighted by atomic mass is 9.98. The van der Waals surface area contributed by atoms with E-state index in [-0.39, 0.29) is 29.9 Å². The highest BCUT2D eigenvalue weighted by Crippen LogP contribution is 2.18. The maximum atomic E-state index is 12.1. The average molecular weight is 578 g/mol. The maximum absolute atomic E-state index is 12.1. The molecule has 1 aliphatic rings. The number of likely N-dealkylation sites (tertiary alicyclic amines) is 1. The van der Waals surface area contributed by atoms with Crippen LogP contribution in [0.4, 0.5) is 0 Å². The summed E-state index contributed by atoms with van der Waals surface area (Å²) >= 11 is 0. The molecule has 1 aliphatic heterocycles. The molecule has 1 amide bonds. The number of hydrogen-bond donors (Lipinski definition) is 2. The zero-order valence-corrected chi connectivity index (χ0v) is 23.3. The molecule has 0 aliphatic carbocycles. The second kappa shape index (κ2) is 14.3. The molecular formula is C27H40IN5O. The van der Waals surface area contributed by atoms with Gasteiger partial charge in [-0.05, 0) is 67.6 Å². The molecule has 34 heavy (non-hydrogen) atoms. The topological polar surface area (TPSA) is 60.0 Å². The van der Waals surface area contributed by atoms with Crippen molar-refractivity contribution in [1.82, 2.24) is 20.4 Å². The minimum absolute atomic E-state index is 0. The van der Waals surface area contributed by atoms with E-state index in [1.165, 1.54) is 37.1 Å². The van der Waals surface area contributed by atoms with Crippen molar-refractivity contribution in [3.63, 3.8) is 0 Å². The monoisotopic (exact) mass is 577 g/mol. The number of guanidine groups is 1. The summed E-state index contributed by atoms with van der Waals surface area (Å²) < 4.78 is 0. The van der Waals surface area contributed by atoms with Gasteiger partial charge >= 0.3 is 0 Å². The number of aliphatic imine (C=N–C) groups is 1. The molecule has 0 saturated carbocycles. The molecule has 7 heteroatoms. The van der Waals surface area contributed by atoms with Crippen molar-refractivity contribution in [2.75, 3.05) is 33.7 Å². The first-order chi connectivity index (χ1) is 15.9. The van der Waals surface area contributed by atoms with E-state index in [0.29, 0.717) is 18.7 Å². The van der Waals surface area contributed by atoms with Crippen LogP contribution >= 0.6 is 24.0 Å². The van der Waals surface area contributed by atoms with Gasteiger partial charge in [-0.3, -0.25) is 9.69 Å². The van der Waals surface area contributed by atoms with Crippen molar-refractivity contribution in [1.29, 1.82) is 0 Å². The van der Waals surface area contributed by atoms with Gasteiger partial charge in [-0.2, -0.15) is 0 Å². The van der Waals surface area contributed by atoms with E-state index in [9.17, 15) is 4.79 Å². The molecule has 6 nitrogen and oxygen atoms in total. The first-order valence-electron chi connectivity index (χ1n) is 12.1. The number of nitrogens with zero attached hydrogens (tertiary/aromatic N) is 3. The summed E-state index contributed by atoms with van der Waals surface area (Å²) in [5.74, 6) is 1.67. The molecule has 0 bridgehead atoms. The van der Waals surface area contributed by atoms with Crippen LogP contribution in [0, 0.1) is 5.92 Å². The van der Waals surface area contributed by atoms with Gasteiger partial charge in [0.25, 0.3) is 5.91 Å². The zero-order valence-electron chi connectivity index (χ0n) is 21.0. The minimum atomic E-state index is 0. The van der Waals surface area contributed by atoms with Crippen LogP contribution in [0.3, 0.4) is 0 Å². The molecule has 2 aromatic rings. The molecular weight excluding hydrogens is 537 g/mol. The Morgan fingerprint density at radius 1 is 1.03 bits per heavy atom. The third kappa shape index (κ3) is 8.91. The summed E-state index contributed by atoms with van der Waals surface area (Å²) in [5.41, 5.74) is 4.39. The highest BCUT2D eigenvalue weighted by atomic mass is 127. The first-order valence-corrected chi connectivity index (χ1v) is 12.1. The molecule has 2 N–H and O–H groups in total. The molecule has 3 rings (SSSR count). The third-order valence-corrected chi connectivity index (χ3v) is 6.10. The predicted molar refractivity (Wildman–Crippen MR) is 152 cm³/mol. The van der Waals surface area contributed by atoms with Gasteiger partial charge in [0.1, 0.15) is 0 Å². The summed E-state index contributed by atoms with van der Waals surface area (Å²) in [4.78, 5) is 21.0. The second-order valence-electron chi connectivity index (χ2n) is 9.22. The fraction of sp³-hybridized carbons (Fsp3) is 0.481. The van der Waals surface area contributed by atoms with Crippen LogP contribution in [0.25, 0.3) is 0 Å². The van der Waals surface area contributed by atoms with Crippen LogP contribution in [-0.2, 0) is 19.6 Å². The maximum Gasteiger partial charge on any atom is 0.253 e. The van der Waals surface area contributed by atoms with Gasteiger partial charge in [-0.25, -0.2) is 4.99 Å². The SMILES string of the molecule is CCNC(=NCc1cccc(CN2CCC(C)CC2)c1)NCc1ccc(C(=O)N(C)C)cc1.I. The van der Waals surface area contributed by atoms with Crippen molar-refractivity contribution in [2.45, 2.75) is 46.3 Å². The Hall–Kier alpha value is -2.13. The van der Waals surface area contributed by atoms with Gasteiger partial charge in [0, 0.05) is 39.3 Å². The highest BCUT2D eigenvalue weighted by Gasteiger charge is 2.15. The van der Waals surface area contributed by atoms with E-state index >= 15 is 0 Å². The molecule has 1 fully saturated rings. The molecule has 0 unspecified atom stereocenters. The van der Waals surface area contributed by atoms with Crippen LogP contribution in [0.1, 0.15) is 53.7 Å². The smallest absolute Gasteiger partial charge is 0.253 e. The van der Waals surface area contributed by atoms with Crippen molar-refractivity contribution in [2.24, 2.45) is 10.9 Å². The van der Waals surface area contributed by atoms with Gasteiger partial charge in [0.2, 0.25) is 0 Å². The fourth-order valence-electron chi connectivity index (χ4n) is 4.03. The Morgan fingerprint density at radius 3 is 2.35 bits per heavy atom. The van der Waals surface area contributed by atoms with E-state index in [2.05, 4.69) is 53.6 Å². The van der Waals surface area contributed by atoms with Crippen LogP contribution in [-0.4, -0.2) is 55.4 Å². The van der Waals surface area contributed by atoms with E-state index in [1.54, 1.807) is 19.0 Å². The van der Waals surface area contributed by atoms with E-state index in [1.807, 2.05) is 24.3 Å². The quantitative estimate of drug-likeness (QED) is 0.276. The summed E-state index contributed by atoms with van der Waals surface area (Å²) in [7, 11) is 3.53.